The average molecular weight is 495 g/mol. The molecule has 0 radical (unpaired) electrons. The van der Waals surface area contributed by atoms with Gasteiger partial charge in [-0.05, 0) is 61.4 Å². The van der Waals surface area contributed by atoms with Crippen LogP contribution in [-0.4, -0.2) is 23.9 Å². The van der Waals surface area contributed by atoms with Crippen LogP contribution in [0.4, 0.5) is 13.2 Å². The van der Waals surface area contributed by atoms with E-state index in [9.17, 15) is 18.0 Å². The zero-order chi connectivity index (χ0) is 25.9. The third-order valence-electron chi connectivity index (χ3n) is 6.02. The summed E-state index contributed by atoms with van der Waals surface area (Å²) in [4.78, 5) is 13.3. The van der Waals surface area contributed by atoms with Crippen molar-refractivity contribution in [3.05, 3.63) is 69.7 Å². The van der Waals surface area contributed by atoms with Gasteiger partial charge in [-0.3, -0.25) is 4.79 Å². The molecule has 0 N–H and O–H groups in total. The number of rotatable bonds is 4. The van der Waals surface area contributed by atoms with E-state index >= 15 is 0 Å². The first-order chi connectivity index (χ1) is 16.0. The average Bonchev–Trinajstić information content (AvgIpc) is 3.19. The van der Waals surface area contributed by atoms with E-state index in [0.29, 0.717) is 40.3 Å². The fourth-order valence-electron chi connectivity index (χ4n) is 3.64. The van der Waals surface area contributed by atoms with Gasteiger partial charge in [0.05, 0.1) is 16.1 Å². The molecule has 1 fully saturated rings. The van der Waals surface area contributed by atoms with Gasteiger partial charge in [-0.2, -0.15) is 18.4 Å². The van der Waals surface area contributed by atoms with Gasteiger partial charge in [0.2, 0.25) is 5.91 Å². The molecule has 1 aliphatic heterocycles. The monoisotopic (exact) mass is 494 g/mol. The fourth-order valence-corrected chi connectivity index (χ4v) is 3.92. The standard InChI is InChI=1S/C10H19NO.C9H9F3.C8H6ClN/c1-4-8(3)9-6-10(12)11(5-2)7-9;1-2-7-5-3-4-6-8(7)9(10,11)12;1-6-2-3-7(5-10)8(9)4-6/h8-9H,4-7H2,1-3H3;3-6H,2H2,1H3;2-4H,1H3. The van der Waals surface area contributed by atoms with E-state index in [1.807, 2.05) is 24.0 Å². The van der Waals surface area contributed by atoms with Crippen LogP contribution in [0, 0.1) is 30.1 Å². The molecule has 1 amide bonds. The quantitative estimate of drug-likeness (QED) is 0.437. The molecule has 186 valence electrons. The van der Waals surface area contributed by atoms with Crippen LogP contribution < -0.4 is 0 Å². The van der Waals surface area contributed by atoms with Gasteiger partial charge in [-0.15, -0.1) is 0 Å². The summed E-state index contributed by atoms with van der Waals surface area (Å²) >= 11 is 5.71. The van der Waals surface area contributed by atoms with Crippen LogP contribution in [0.15, 0.2) is 42.5 Å². The summed E-state index contributed by atoms with van der Waals surface area (Å²) in [5.41, 5.74) is 1.44. The summed E-state index contributed by atoms with van der Waals surface area (Å²) < 4.78 is 36.7. The lowest BCUT2D eigenvalue weighted by Crippen LogP contribution is -2.25. The summed E-state index contributed by atoms with van der Waals surface area (Å²) in [6.07, 6.45) is -1.83. The maximum absolute atomic E-state index is 12.2. The highest BCUT2D eigenvalue weighted by molar-refractivity contribution is 6.31. The van der Waals surface area contributed by atoms with Gasteiger partial charge in [-0.25, -0.2) is 0 Å². The molecule has 2 atom stereocenters. The van der Waals surface area contributed by atoms with E-state index in [-0.39, 0.29) is 0 Å². The Kier molecular flexibility index (Phi) is 12.2. The highest BCUT2D eigenvalue weighted by atomic mass is 35.5. The normalized spacial score (nSPS) is 16.1. The highest BCUT2D eigenvalue weighted by Crippen LogP contribution is 2.31. The predicted octanol–water partition coefficient (Wildman–Crippen LogP) is 7.69. The molecule has 1 aliphatic rings. The van der Waals surface area contributed by atoms with Crippen LogP contribution in [-0.2, 0) is 17.4 Å². The topological polar surface area (TPSA) is 44.1 Å². The van der Waals surface area contributed by atoms with Crippen molar-refractivity contribution in [2.45, 2.75) is 60.1 Å². The van der Waals surface area contributed by atoms with Crippen molar-refractivity contribution in [2.24, 2.45) is 11.8 Å². The molecule has 2 unspecified atom stereocenters. The first-order valence-corrected chi connectivity index (χ1v) is 11.9. The Morgan fingerprint density at radius 2 is 1.82 bits per heavy atom. The third-order valence-corrected chi connectivity index (χ3v) is 6.34. The van der Waals surface area contributed by atoms with E-state index in [2.05, 4.69) is 20.8 Å². The first-order valence-electron chi connectivity index (χ1n) is 11.6. The maximum Gasteiger partial charge on any atom is 0.416 e. The van der Waals surface area contributed by atoms with Crippen LogP contribution in [0.2, 0.25) is 5.02 Å². The van der Waals surface area contributed by atoms with Gasteiger partial charge in [-0.1, -0.05) is 63.1 Å². The first kappa shape index (κ1) is 29.5. The molecule has 0 spiro atoms. The Hall–Kier alpha value is -2.52. The van der Waals surface area contributed by atoms with Crippen LogP contribution in [0.5, 0.6) is 0 Å². The van der Waals surface area contributed by atoms with Crippen LogP contribution in [0.25, 0.3) is 0 Å². The molecular weight excluding hydrogens is 461 g/mol. The molecule has 2 aromatic rings. The second kappa shape index (κ2) is 14.0. The van der Waals surface area contributed by atoms with Crippen molar-refractivity contribution >= 4 is 17.5 Å². The van der Waals surface area contributed by atoms with Crippen molar-refractivity contribution < 1.29 is 18.0 Å². The number of nitrogens with zero attached hydrogens (tertiary/aromatic N) is 2. The largest absolute Gasteiger partial charge is 0.416 e. The Labute approximate surface area is 206 Å². The zero-order valence-electron chi connectivity index (χ0n) is 20.5. The number of hydrogen-bond acceptors (Lipinski definition) is 2. The van der Waals surface area contributed by atoms with E-state index < -0.39 is 11.7 Å². The maximum atomic E-state index is 12.2. The molecule has 1 saturated heterocycles. The van der Waals surface area contributed by atoms with E-state index in [1.54, 1.807) is 25.1 Å². The minimum atomic E-state index is -4.22. The van der Waals surface area contributed by atoms with Gasteiger partial charge >= 0.3 is 6.18 Å². The second-order valence-corrected chi connectivity index (χ2v) is 8.79. The SMILES string of the molecule is CCC(C)C1CC(=O)N(CC)C1.CCc1ccccc1C(F)(F)F.Cc1ccc(C#N)c(Cl)c1. The Balaban J connectivity index is 0.000000256. The molecule has 34 heavy (non-hydrogen) atoms. The number of hydrogen-bond donors (Lipinski definition) is 0. The molecule has 2 aromatic carbocycles. The number of alkyl halides is 3. The number of benzene rings is 2. The third kappa shape index (κ3) is 9.02. The van der Waals surface area contributed by atoms with Crippen LogP contribution >= 0.6 is 11.6 Å². The molecule has 7 heteroatoms. The van der Waals surface area contributed by atoms with Gasteiger partial charge < -0.3 is 4.90 Å². The van der Waals surface area contributed by atoms with Gasteiger partial charge in [0.25, 0.3) is 0 Å². The lowest BCUT2D eigenvalue weighted by Gasteiger charge is -2.17. The minimum Gasteiger partial charge on any atom is -0.343 e. The summed E-state index contributed by atoms with van der Waals surface area (Å²) in [6, 6.07) is 13.0. The van der Waals surface area contributed by atoms with Gasteiger partial charge in [0.1, 0.15) is 6.07 Å². The Morgan fingerprint density at radius 3 is 2.26 bits per heavy atom. The van der Waals surface area contributed by atoms with Crippen molar-refractivity contribution in [3.8, 4) is 6.07 Å². The van der Waals surface area contributed by atoms with Gasteiger partial charge in [0, 0.05) is 19.5 Å². The second-order valence-electron chi connectivity index (χ2n) is 8.39. The molecule has 0 saturated carbocycles. The van der Waals surface area contributed by atoms with E-state index in [0.717, 1.165) is 31.1 Å². The van der Waals surface area contributed by atoms with Crippen molar-refractivity contribution in [1.82, 2.24) is 4.90 Å². The van der Waals surface area contributed by atoms with E-state index in [4.69, 9.17) is 16.9 Å². The Bertz CT molecular complexity index is 969. The lowest BCUT2D eigenvalue weighted by atomic mass is 9.91. The van der Waals surface area contributed by atoms with E-state index in [1.165, 1.54) is 18.6 Å². The number of carbonyl (C=O) groups excluding carboxylic acids is 1. The highest BCUT2D eigenvalue weighted by Gasteiger charge is 2.32. The predicted molar refractivity (Wildman–Crippen MR) is 132 cm³/mol. The number of nitriles is 1. The lowest BCUT2D eigenvalue weighted by molar-refractivity contribution is -0.138. The number of halogens is 4. The molecule has 0 aromatic heterocycles. The molecule has 3 nitrogen and oxygen atoms in total. The number of likely N-dealkylation sites (tertiary alicyclic amines) is 1. The zero-order valence-corrected chi connectivity index (χ0v) is 21.3. The van der Waals surface area contributed by atoms with Crippen LogP contribution in [0.1, 0.15) is 62.8 Å². The van der Waals surface area contributed by atoms with Crippen molar-refractivity contribution in [1.29, 1.82) is 5.26 Å². The summed E-state index contributed by atoms with van der Waals surface area (Å²) in [5.74, 6) is 1.66. The smallest absolute Gasteiger partial charge is 0.343 e. The molecule has 1 heterocycles. The number of aryl methyl sites for hydroxylation is 2. The summed E-state index contributed by atoms with van der Waals surface area (Å²) in [7, 11) is 0. The summed E-state index contributed by atoms with van der Waals surface area (Å²) in [5, 5.41) is 9.00. The molecular formula is C27H34ClF3N2O. The summed E-state index contributed by atoms with van der Waals surface area (Å²) in [6.45, 7) is 12.0. The van der Waals surface area contributed by atoms with Crippen molar-refractivity contribution in [3.63, 3.8) is 0 Å². The number of carbonyl (C=O) groups is 1. The molecule has 0 bridgehead atoms. The van der Waals surface area contributed by atoms with Crippen molar-refractivity contribution in [2.75, 3.05) is 13.1 Å². The van der Waals surface area contributed by atoms with Gasteiger partial charge in [0.15, 0.2) is 0 Å². The number of amides is 1. The van der Waals surface area contributed by atoms with Crippen LogP contribution in [0.3, 0.4) is 0 Å². The molecule has 0 aliphatic carbocycles. The minimum absolute atomic E-state index is 0.350. The fraction of sp³-hybridized carbons (Fsp3) is 0.481. The Morgan fingerprint density at radius 1 is 1.18 bits per heavy atom. The molecule has 3 rings (SSSR count).